The van der Waals surface area contributed by atoms with Crippen molar-refractivity contribution in [3.63, 3.8) is 0 Å². The average molecular weight is 302 g/mol. The second-order valence-electron chi connectivity index (χ2n) is 6.49. The molecule has 6 nitrogen and oxygen atoms in total. The molecule has 2 saturated heterocycles. The highest BCUT2D eigenvalue weighted by Gasteiger charge is 2.41. The van der Waals surface area contributed by atoms with Crippen molar-refractivity contribution in [2.45, 2.75) is 32.4 Å². The number of aryl methyl sites for hydroxylation is 1. The van der Waals surface area contributed by atoms with Gasteiger partial charge in [-0.2, -0.15) is 5.10 Å². The van der Waals surface area contributed by atoms with Gasteiger partial charge in [0.1, 0.15) is 5.82 Å². The fraction of sp³-hybridized carbons (Fsp3) is 0.625. The molecule has 0 aromatic carbocycles. The van der Waals surface area contributed by atoms with Crippen LogP contribution >= 0.6 is 0 Å². The molecule has 4 heterocycles. The van der Waals surface area contributed by atoms with Gasteiger partial charge in [0, 0.05) is 31.0 Å². The van der Waals surface area contributed by atoms with Crippen LogP contribution in [0.4, 0.5) is 0 Å². The average Bonchev–Trinajstić information content (AvgIpc) is 3.23. The maximum atomic E-state index is 6.06. The molecule has 2 fully saturated rings. The van der Waals surface area contributed by atoms with Crippen LogP contribution in [0.5, 0.6) is 0 Å². The molecule has 22 heavy (non-hydrogen) atoms. The molecule has 6 heteroatoms. The summed E-state index contributed by atoms with van der Waals surface area (Å²) >= 11 is 0. The van der Waals surface area contributed by atoms with Crippen LogP contribution in [0.2, 0.25) is 0 Å². The Kier molecular flexibility index (Phi) is 3.72. The zero-order valence-electron chi connectivity index (χ0n) is 12.9. The van der Waals surface area contributed by atoms with Crippen LogP contribution in [0.1, 0.15) is 23.6 Å². The molecule has 4 rings (SSSR count). The Bertz CT molecular complexity index is 609. The number of piperidine rings is 1. The molecule has 2 aliphatic rings. The Morgan fingerprint density at radius 1 is 1.45 bits per heavy atom. The molecule has 0 unspecified atom stereocenters. The molecule has 0 radical (unpaired) electrons. The highest BCUT2D eigenvalue weighted by atomic mass is 16.5. The lowest BCUT2D eigenvalue weighted by Gasteiger charge is -2.35. The Morgan fingerprint density at radius 2 is 2.41 bits per heavy atom. The lowest BCUT2D eigenvalue weighted by atomic mass is 9.83. The van der Waals surface area contributed by atoms with Crippen LogP contribution in [-0.4, -0.2) is 45.9 Å². The highest BCUT2D eigenvalue weighted by molar-refractivity contribution is 5.06. The normalized spacial score (nSPS) is 28.9. The number of aromatic nitrogens is 3. The Morgan fingerprint density at radius 3 is 3.18 bits per heavy atom. The Balaban J connectivity index is 1.35. The summed E-state index contributed by atoms with van der Waals surface area (Å²) in [6.45, 7) is 6.01. The lowest BCUT2D eigenvalue weighted by Crippen LogP contribution is -2.41. The first-order chi connectivity index (χ1) is 10.8. The highest BCUT2D eigenvalue weighted by Crippen LogP contribution is 2.36. The van der Waals surface area contributed by atoms with E-state index in [4.69, 9.17) is 9.15 Å². The molecule has 2 aromatic heterocycles. The minimum Gasteiger partial charge on any atom is -0.472 e. The number of furan rings is 1. The largest absolute Gasteiger partial charge is 0.472 e. The van der Waals surface area contributed by atoms with Crippen molar-refractivity contribution in [2.75, 3.05) is 19.7 Å². The van der Waals surface area contributed by atoms with Crippen LogP contribution in [-0.2, 0) is 17.7 Å². The zero-order valence-corrected chi connectivity index (χ0v) is 12.9. The number of hydrogen-bond donors (Lipinski definition) is 1. The summed E-state index contributed by atoms with van der Waals surface area (Å²) in [5.41, 5.74) is 1.25. The number of hydrogen-bond acceptors (Lipinski definition) is 5. The van der Waals surface area contributed by atoms with Gasteiger partial charge in [-0.05, 0) is 31.9 Å². The second kappa shape index (κ2) is 5.85. The maximum absolute atomic E-state index is 6.06. The number of nitrogens with zero attached hydrogens (tertiary/aromatic N) is 3. The van der Waals surface area contributed by atoms with Crippen LogP contribution in [0.15, 0.2) is 23.0 Å². The van der Waals surface area contributed by atoms with E-state index in [0.717, 1.165) is 44.3 Å². The zero-order chi connectivity index (χ0) is 14.9. The van der Waals surface area contributed by atoms with Gasteiger partial charge in [-0.1, -0.05) is 0 Å². The smallest absolute Gasteiger partial charge is 0.153 e. The molecule has 0 spiro atoms. The number of likely N-dealkylation sites (tertiary alicyclic amines) is 1. The predicted octanol–water partition coefficient (Wildman–Crippen LogP) is 1.79. The van der Waals surface area contributed by atoms with Crippen molar-refractivity contribution in [2.24, 2.45) is 11.8 Å². The molecular formula is C16H22N4O2. The molecular weight excluding hydrogens is 280 g/mol. The van der Waals surface area contributed by atoms with Gasteiger partial charge >= 0.3 is 0 Å². The first-order valence-electron chi connectivity index (χ1n) is 8.01. The molecule has 0 amide bonds. The van der Waals surface area contributed by atoms with Gasteiger partial charge < -0.3 is 9.15 Å². The molecule has 0 saturated carbocycles. The standard InChI is InChI=1S/C16H22N4O2/c1-11-17-16(19-18-11)6-15-14-2-4-20(8-13(14)10-22-15)7-12-3-5-21-9-12/h3,5,9,13-15H,2,4,6-8,10H2,1H3,(H,17,18,19)/t13-,14-,15+/m1/s1. The van der Waals surface area contributed by atoms with Crippen molar-refractivity contribution < 1.29 is 9.15 Å². The van der Waals surface area contributed by atoms with Gasteiger partial charge in [0.25, 0.3) is 0 Å². The van der Waals surface area contributed by atoms with Crippen molar-refractivity contribution >= 4 is 0 Å². The Labute approximate surface area is 129 Å². The van der Waals surface area contributed by atoms with Gasteiger partial charge in [-0.25, -0.2) is 4.98 Å². The van der Waals surface area contributed by atoms with E-state index in [-0.39, 0.29) is 6.10 Å². The third-order valence-electron chi connectivity index (χ3n) is 4.89. The minimum atomic E-state index is 0.274. The fourth-order valence-electron chi connectivity index (χ4n) is 3.82. The van der Waals surface area contributed by atoms with Gasteiger partial charge in [0.15, 0.2) is 5.82 Å². The van der Waals surface area contributed by atoms with E-state index in [0.29, 0.717) is 11.8 Å². The summed E-state index contributed by atoms with van der Waals surface area (Å²) < 4.78 is 11.2. The first kappa shape index (κ1) is 14.0. The molecule has 1 N–H and O–H groups in total. The van der Waals surface area contributed by atoms with E-state index in [1.54, 1.807) is 6.26 Å². The van der Waals surface area contributed by atoms with Gasteiger partial charge in [0.05, 0.1) is 25.2 Å². The van der Waals surface area contributed by atoms with Crippen LogP contribution in [0, 0.1) is 18.8 Å². The molecule has 0 aliphatic carbocycles. The number of ether oxygens (including phenoxy) is 1. The summed E-state index contributed by atoms with van der Waals surface area (Å²) in [7, 11) is 0. The predicted molar refractivity (Wildman–Crippen MR) is 80.1 cm³/mol. The quantitative estimate of drug-likeness (QED) is 0.932. The van der Waals surface area contributed by atoms with E-state index >= 15 is 0 Å². The van der Waals surface area contributed by atoms with E-state index < -0.39 is 0 Å². The molecule has 118 valence electrons. The minimum absolute atomic E-state index is 0.274. The van der Waals surface area contributed by atoms with Crippen LogP contribution in [0.3, 0.4) is 0 Å². The third-order valence-corrected chi connectivity index (χ3v) is 4.89. The number of rotatable bonds is 4. The SMILES string of the molecule is Cc1nc(C[C@@H]2OC[C@H]3CN(Cc4ccoc4)CC[C@H]32)n[nH]1. The van der Waals surface area contributed by atoms with E-state index in [1.165, 1.54) is 12.0 Å². The number of fused-ring (bicyclic) bond motifs is 1. The summed E-state index contributed by atoms with van der Waals surface area (Å²) in [6, 6.07) is 2.05. The maximum Gasteiger partial charge on any atom is 0.153 e. The number of H-pyrrole nitrogens is 1. The van der Waals surface area contributed by atoms with Crippen LogP contribution in [0.25, 0.3) is 0 Å². The number of aromatic amines is 1. The number of nitrogens with one attached hydrogen (secondary N) is 1. The van der Waals surface area contributed by atoms with E-state index in [1.807, 2.05) is 19.3 Å². The molecule has 2 aliphatic heterocycles. The van der Waals surface area contributed by atoms with Gasteiger partial charge in [-0.3, -0.25) is 10.00 Å². The fourth-order valence-corrected chi connectivity index (χ4v) is 3.82. The van der Waals surface area contributed by atoms with Crippen molar-refractivity contribution in [1.29, 1.82) is 0 Å². The van der Waals surface area contributed by atoms with Crippen molar-refractivity contribution in [1.82, 2.24) is 20.1 Å². The molecule has 0 bridgehead atoms. The lowest BCUT2D eigenvalue weighted by molar-refractivity contribution is 0.0834. The monoisotopic (exact) mass is 302 g/mol. The van der Waals surface area contributed by atoms with Gasteiger partial charge in [0.2, 0.25) is 0 Å². The topological polar surface area (TPSA) is 67.2 Å². The molecule has 3 atom stereocenters. The second-order valence-corrected chi connectivity index (χ2v) is 6.49. The van der Waals surface area contributed by atoms with Crippen molar-refractivity contribution in [3.8, 4) is 0 Å². The van der Waals surface area contributed by atoms with E-state index in [2.05, 4.69) is 20.1 Å². The first-order valence-corrected chi connectivity index (χ1v) is 8.01. The summed E-state index contributed by atoms with van der Waals surface area (Å²) in [5, 5.41) is 7.16. The molecule has 2 aromatic rings. The Hall–Kier alpha value is -1.66. The van der Waals surface area contributed by atoms with E-state index in [9.17, 15) is 0 Å². The van der Waals surface area contributed by atoms with Crippen molar-refractivity contribution in [3.05, 3.63) is 35.8 Å². The summed E-state index contributed by atoms with van der Waals surface area (Å²) in [5.74, 6) is 3.02. The van der Waals surface area contributed by atoms with Gasteiger partial charge in [-0.15, -0.1) is 0 Å². The van der Waals surface area contributed by atoms with Crippen LogP contribution < -0.4 is 0 Å². The third kappa shape index (κ3) is 2.80. The summed E-state index contributed by atoms with van der Waals surface area (Å²) in [6.07, 6.45) is 5.88. The summed E-state index contributed by atoms with van der Waals surface area (Å²) in [4.78, 5) is 6.92.